The largest absolute Gasteiger partial charge is 0.339 e. The van der Waals surface area contributed by atoms with Gasteiger partial charge in [-0.3, -0.25) is 9.69 Å². The maximum absolute atomic E-state index is 11.5. The lowest BCUT2D eigenvalue weighted by atomic mass is 9.97. The van der Waals surface area contributed by atoms with Crippen LogP contribution in [0.5, 0.6) is 0 Å². The summed E-state index contributed by atoms with van der Waals surface area (Å²) in [7, 11) is 0. The predicted molar refractivity (Wildman–Crippen MR) is 67.1 cm³/mol. The number of likely N-dealkylation sites (tertiary alicyclic amines) is 1. The Morgan fingerprint density at radius 3 is 2.72 bits per heavy atom. The summed E-state index contributed by atoms with van der Waals surface area (Å²) in [5.41, 5.74) is -0.115. The quantitative estimate of drug-likeness (QED) is 0.802. The normalized spacial score (nSPS) is 22.4. The number of nitrogens with zero attached hydrogens (tertiary/aromatic N) is 3. The minimum Gasteiger partial charge on any atom is -0.339 e. The first-order chi connectivity index (χ1) is 8.36. The summed E-state index contributed by atoms with van der Waals surface area (Å²) in [4.78, 5) is 18.1. The van der Waals surface area contributed by atoms with E-state index < -0.39 is 0 Å². The molecule has 1 aromatic rings. The van der Waals surface area contributed by atoms with Crippen LogP contribution in [0.3, 0.4) is 0 Å². The van der Waals surface area contributed by atoms with Gasteiger partial charge in [0.25, 0.3) is 0 Å². The molecular weight excluding hydrogens is 230 g/mol. The van der Waals surface area contributed by atoms with Crippen LogP contribution in [0.25, 0.3) is 0 Å². The first-order valence-corrected chi connectivity index (χ1v) is 6.44. The molecule has 1 fully saturated rings. The number of hydrogen-bond acceptors (Lipinski definition) is 5. The van der Waals surface area contributed by atoms with Gasteiger partial charge in [0.2, 0.25) is 5.89 Å². The van der Waals surface area contributed by atoms with Crippen LogP contribution in [0.15, 0.2) is 4.52 Å². The van der Waals surface area contributed by atoms with Gasteiger partial charge in [0.05, 0.1) is 6.54 Å². The Balaban J connectivity index is 1.98. The molecule has 0 amide bonds. The van der Waals surface area contributed by atoms with Gasteiger partial charge in [0.1, 0.15) is 5.78 Å². The first-order valence-electron chi connectivity index (χ1n) is 6.44. The molecule has 2 rings (SSSR count). The molecule has 100 valence electrons. The summed E-state index contributed by atoms with van der Waals surface area (Å²) in [5, 5.41) is 4.01. The number of carbonyl (C=O) groups is 1. The van der Waals surface area contributed by atoms with Gasteiger partial charge in [0.15, 0.2) is 5.82 Å². The summed E-state index contributed by atoms with van der Waals surface area (Å²) in [6.07, 6.45) is 0.630. The van der Waals surface area contributed by atoms with E-state index in [1.807, 2.05) is 27.7 Å². The third-order valence-corrected chi connectivity index (χ3v) is 3.23. The Labute approximate surface area is 108 Å². The molecule has 0 saturated carbocycles. The topological polar surface area (TPSA) is 59.2 Å². The molecule has 1 atom stereocenters. The number of ketones is 1. The molecule has 1 aromatic heterocycles. The molecule has 0 aliphatic carbocycles. The Hall–Kier alpha value is -1.23. The smallest absolute Gasteiger partial charge is 0.232 e. The summed E-state index contributed by atoms with van der Waals surface area (Å²) in [6, 6.07) is 0. The average molecular weight is 251 g/mol. The van der Waals surface area contributed by atoms with Crippen molar-refractivity contribution in [3.05, 3.63) is 11.7 Å². The van der Waals surface area contributed by atoms with Gasteiger partial charge in [-0.25, -0.2) is 0 Å². The fraction of sp³-hybridized carbons (Fsp3) is 0.769. The SMILES string of the molecule is CC1CN(Cc2noc(C(C)(C)C)n2)CCC1=O. The van der Waals surface area contributed by atoms with Crippen LogP contribution in [0.1, 0.15) is 45.8 Å². The standard InChI is InChI=1S/C13H21N3O2/c1-9-7-16(6-5-10(9)17)8-11-14-12(18-15-11)13(2,3)4/h9H,5-8H2,1-4H3. The van der Waals surface area contributed by atoms with E-state index in [4.69, 9.17) is 4.52 Å². The van der Waals surface area contributed by atoms with Crippen molar-refractivity contribution in [3.63, 3.8) is 0 Å². The highest BCUT2D eigenvalue weighted by Crippen LogP contribution is 2.20. The molecular formula is C13H21N3O2. The third-order valence-electron chi connectivity index (χ3n) is 3.23. The van der Waals surface area contributed by atoms with Crippen molar-refractivity contribution in [1.82, 2.24) is 15.0 Å². The van der Waals surface area contributed by atoms with E-state index in [2.05, 4.69) is 15.0 Å². The molecule has 5 heteroatoms. The van der Waals surface area contributed by atoms with Crippen molar-refractivity contribution >= 4 is 5.78 Å². The Kier molecular flexibility index (Phi) is 3.52. The summed E-state index contributed by atoms with van der Waals surface area (Å²) in [6.45, 7) is 10.4. The Morgan fingerprint density at radius 2 is 2.17 bits per heavy atom. The van der Waals surface area contributed by atoms with E-state index in [1.165, 1.54) is 0 Å². The highest BCUT2D eigenvalue weighted by molar-refractivity contribution is 5.81. The third kappa shape index (κ3) is 2.96. The van der Waals surface area contributed by atoms with Gasteiger partial charge >= 0.3 is 0 Å². The van der Waals surface area contributed by atoms with Crippen LogP contribution in [0, 0.1) is 5.92 Å². The zero-order valence-corrected chi connectivity index (χ0v) is 11.6. The van der Waals surface area contributed by atoms with Crippen molar-refractivity contribution < 1.29 is 9.32 Å². The lowest BCUT2D eigenvalue weighted by molar-refractivity contribution is -0.125. The number of hydrogen-bond donors (Lipinski definition) is 0. The number of rotatable bonds is 2. The van der Waals surface area contributed by atoms with Crippen LogP contribution < -0.4 is 0 Å². The summed E-state index contributed by atoms with van der Waals surface area (Å²) >= 11 is 0. The average Bonchev–Trinajstić information content (AvgIpc) is 2.72. The zero-order chi connectivity index (χ0) is 13.3. The molecule has 1 aliphatic heterocycles. The van der Waals surface area contributed by atoms with Crippen LogP contribution in [-0.2, 0) is 16.8 Å². The molecule has 0 N–H and O–H groups in total. The highest BCUT2D eigenvalue weighted by Gasteiger charge is 2.26. The van der Waals surface area contributed by atoms with Crippen molar-refractivity contribution in [2.45, 2.75) is 46.1 Å². The monoisotopic (exact) mass is 251 g/mol. The molecule has 0 spiro atoms. The molecule has 2 heterocycles. The maximum Gasteiger partial charge on any atom is 0.232 e. The van der Waals surface area contributed by atoms with E-state index >= 15 is 0 Å². The van der Waals surface area contributed by atoms with E-state index in [0.29, 0.717) is 30.5 Å². The summed E-state index contributed by atoms with van der Waals surface area (Å²) in [5.74, 6) is 1.85. The van der Waals surface area contributed by atoms with Crippen LogP contribution in [-0.4, -0.2) is 33.9 Å². The van der Waals surface area contributed by atoms with Crippen LogP contribution >= 0.6 is 0 Å². The van der Waals surface area contributed by atoms with E-state index in [1.54, 1.807) is 0 Å². The maximum atomic E-state index is 11.5. The molecule has 0 radical (unpaired) electrons. The highest BCUT2D eigenvalue weighted by atomic mass is 16.5. The minimum atomic E-state index is -0.115. The molecule has 1 saturated heterocycles. The second kappa shape index (κ2) is 4.80. The molecule has 18 heavy (non-hydrogen) atoms. The number of carbonyl (C=O) groups excluding carboxylic acids is 1. The van der Waals surface area contributed by atoms with E-state index in [-0.39, 0.29) is 11.3 Å². The van der Waals surface area contributed by atoms with Gasteiger partial charge in [-0.15, -0.1) is 0 Å². The number of piperidine rings is 1. The molecule has 0 bridgehead atoms. The van der Waals surface area contributed by atoms with E-state index in [0.717, 1.165) is 13.1 Å². The van der Waals surface area contributed by atoms with Gasteiger partial charge in [0, 0.05) is 30.8 Å². The molecule has 0 aromatic carbocycles. The van der Waals surface area contributed by atoms with Crippen molar-refractivity contribution in [2.24, 2.45) is 5.92 Å². The zero-order valence-electron chi connectivity index (χ0n) is 11.6. The Bertz CT molecular complexity index is 434. The number of Topliss-reactive ketones (excluding diaryl/α,β-unsaturated/α-hetero) is 1. The van der Waals surface area contributed by atoms with Crippen LogP contribution in [0.4, 0.5) is 0 Å². The fourth-order valence-electron chi connectivity index (χ4n) is 2.06. The van der Waals surface area contributed by atoms with Crippen molar-refractivity contribution in [2.75, 3.05) is 13.1 Å². The van der Waals surface area contributed by atoms with Crippen molar-refractivity contribution in [1.29, 1.82) is 0 Å². The van der Waals surface area contributed by atoms with Gasteiger partial charge in [-0.05, 0) is 0 Å². The second-order valence-corrected chi connectivity index (χ2v) is 6.12. The first kappa shape index (κ1) is 13.2. The molecule has 1 aliphatic rings. The van der Waals surface area contributed by atoms with E-state index in [9.17, 15) is 4.79 Å². The van der Waals surface area contributed by atoms with Gasteiger partial charge in [-0.1, -0.05) is 32.9 Å². The number of aromatic nitrogens is 2. The Morgan fingerprint density at radius 1 is 1.44 bits per heavy atom. The fourth-order valence-corrected chi connectivity index (χ4v) is 2.06. The predicted octanol–water partition coefficient (Wildman–Crippen LogP) is 1.78. The second-order valence-electron chi connectivity index (χ2n) is 6.12. The summed E-state index contributed by atoms with van der Waals surface area (Å²) < 4.78 is 5.26. The van der Waals surface area contributed by atoms with Crippen LogP contribution in [0.2, 0.25) is 0 Å². The van der Waals surface area contributed by atoms with Gasteiger partial charge < -0.3 is 4.52 Å². The van der Waals surface area contributed by atoms with Gasteiger partial charge in [-0.2, -0.15) is 4.98 Å². The minimum absolute atomic E-state index is 0.115. The molecule has 5 nitrogen and oxygen atoms in total. The van der Waals surface area contributed by atoms with Crippen molar-refractivity contribution in [3.8, 4) is 0 Å². The lowest BCUT2D eigenvalue weighted by Gasteiger charge is -2.28. The molecule has 1 unspecified atom stereocenters. The lowest BCUT2D eigenvalue weighted by Crippen LogP contribution is -2.39.